The van der Waals surface area contributed by atoms with Gasteiger partial charge in [0, 0.05) is 13.3 Å². The van der Waals surface area contributed by atoms with Gasteiger partial charge in [-0.25, -0.2) is 0 Å². The maximum atomic E-state index is 11.5. The van der Waals surface area contributed by atoms with Gasteiger partial charge in [-0.15, -0.1) is 0 Å². The van der Waals surface area contributed by atoms with Crippen LogP contribution in [0.5, 0.6) is 0 Å². The molecule has 0 aliphatic rings. The molecule has 0 aliphatic heterocycles. The van der Waals surface area contributed by atoms with Crippen molar-refractivity contribution in [1.29, 1.82) is 0 Å². The van der Waals surface area contributed by atoms with Crippen molar-refractivity contribution >= 4 is 39.7 Å². The van der Waals surface area contributed by atoms with Crippen LogP contribution in [0, 0.1) is 0 Å². The quantitative estimate of drug-likeness (QED) is 0.683. The molecular formula is C10H16O4S2. The molecule has 16 heavy (non-hydrogen) atoms. The van der Waals surface area contributed by atoms with Crippen molar-refractivity contribution in [2.45, 2.75) is 32.4 Å². The second kappa shape index (κ2) is 8.64. The van der Waals surface area contributed by atoms with Crippen LogP contribution in [0.15, 0.2) is 0 Å². The van der Waals surface area contributed by atoms with Gasteiger partial charge in [0.15, 0.2) is 10.2 Å². The number of esters is 1. The first-order valence-corrected chi connectivity index (χ1v) is 6.87. The predicted octanol–water partition coefficient (Wildman–Crippen LogP) is 1.87. The molecule has 0 spiro atoms. The fraction of sp³-hybridized carbons (Fsp3) is 0.700. The van der Waals surface area contributed by atoms with E-state index < -0.39 is 11.2 Å². The monoisotopic (exact) mass is 264 g/mol. The fourth-order valence-electron chi connectivity index (χ4n) is 0.980. The van der Waals surface area contributed by atoms with Gasteiger partial charge in [0.25, 0.3) is 0 Å². The zero-order chi connectivity index (χ0) is 12.6. The van der Waals surface area contributed by atoms with Crippen LogP contribution in [-0.2, 0) is 19.1 Å². The third kappa shape index (κ3) is 6.90. The molecule has 1 atom stereocenters. The second-order valence-corrected chi connectivity index (χ2v) is 5.56. The van der Waals surface area contributed by atoms with E-state index in [1.165, 1.54) is 6.92 Å². The maximum Gasteiger partial charge on any atom is 0.320 e. The minimum atomic E-state index is -0.705. The third-order valence-electron chi connectivity index (χ3n) is 1.52. The van der Waals surface area contributed by atoms with Crippen molar-refractivity contribution < 1.29 is 19.1 Å². The van der Waals surface area contributed by atoms with E-state index in [0.29, 0.717) is 5.75 Å². The minimum Gasteiger partial charge on any atom is -0.465 e. The van der Waals surface area contributed by atoms with E-state index in [4.69, 9.17) is 4.74 Å². The minimum absolute atomic E-state index is 0.0432. The topological polar surface area (TPSA) is 60.4 Å². The lowest BCUT2D eigenvalue weighted by Crippen LogP contribution is -2.24. The lowest BCUT2D eigenvalue weighted by atomic mass is 10.3. The molecule has 0 amide bonds. The van der Waals surface area contributed by atoms with Crippen LogP contribution >= 0.6 is 23.5 Å². The van der Waals surface area contributed by atoms with E-state index in [2.05, 4.69) is 0 Å². The van der Waals surface area contributed by atoms with Crippen molar-refractivity contribution in [3.8, 4) is 0 Å². The second-order valence-electron chi connectivity index (χ2n) is 2.86. The average Bonchev–Trinajstić information content (AvgIpc) is 2.16. The van der Waals surface area contributed by atoms with Crippen LogP contribution in [0.2, 0.25) is 0 Å². The highest BCUT2D eigenvalue weighted by Gasteiger charge is 2.25. The van der Waals surface area contributed by atoms with Gasteiger partial charge in [-0.3, -0.25) is 14.4 Å². The van der Waals surface area contributed by atoms with Gasteiger partial charge >= 0.3 is 5.97 Å². The van der Waals surface area contributed by atoms with Gasteiger partial charge in [0.05, 0.1) is 6.61 Å². The number of carbonyl (C=O) groups is 3. The zero-order valence-corrected chi connectivity index (χ0v) is 11.3. The van der Waals surface area contributed by atoms with Gasteiger partial charge in [-0.05, 0) is 12.7 Å². The van der Waals surface area contributed by atoms with E-state index in [1.807, 2.05) is 6.92 Å². The molecule has 0 saturated carbocycles. The summed E-state index contributed by atoms with van der Waals surface area (Å²) in [5.41, 5.74) is 0. The molecule has 0 aromatic rings. The SMILES string of the molecule is CCOC(=O)C(CC(=O)SCC)SC(C)=O. The molecule has 0 fully saturated rings. The van der Waals surface area contributed by atoms with Crippen LogP contribution in [0.4, 0.5) is 0 Å². The number of carbonyl (C=O) groups excluding carboxylic acids is 3. The molecule has 0 rings (SSSR count). The van der Waals surface area contributed by atoms with E-state index in [9.17, 15) is 14.4 Å². The number of thioether (sulfide) groups is 2. The summed E-state index contributed by atoms with van der Waals surface area (Å²) in [5, 5.41) is -0.981. The molecule has 0 radical (unpaired) electrons. The Morgan fingerprint density at radius 1 is 1.25 bits per heavy atom. The van der Waals surface area contributed by atoms with E-state index in [-0.39, 0.29) is 23.3 Å². The summed E-state index contributed by atoms with van der Waals surface area (Å²) in [6, 6.07) is 0. The number of hydrogen-bond donors (Lipinski definition) is 0. The van der Waals surface area contributed by atoms with Gasteiger partial charge < -0.3 is 4.74 Å². The molecule has 4 nitrogen and oxygen atoms in total. The Bertz CT molecular complexity index is 266. The summed E-state index contributed by atoms with van der Waals surface area (Å²) in [4.78, 5) is 33.8. The molecule has 92 valence electrons. The lowest BCUT2D eigenvalue weighted by Gasteiger charge is -2.12. The zero-order valence-electron chi connectivity index (χ0n) is 9.65. The lowest BCUT2D eigenvalue weighted by molar-refractivity contribution is -0.143. The van der Waals surface area contributed by atoms with Crippen LogP contribution in [0.1, 0.15) is 27.2 Å². The molecule has 6 heteroatoms. The Morgan fingerprint density at radius 2 is 1.88 bits per heavy atom. The molecule has 1 unspecified atom stereocenters. The molecule has 0 aromatic carbocycles. The highest BCUT2D eigenvalue weighted by molar-refractivity contribution is 8.15. The largest absolute Gasteiger partial charge is 0.465 e. The van der Waals surface area contributed by atoms with E-state index >= 15 is 0 Å². The summed E-state index contributed by atoms with van der Waals surface area (Å²) in [5.74, 6) is 0.173. The Morgan fingerprint density at radius 3 is 2.31 bits per heavy atom. The summed E-state index contributed by atoms with van der Waals surface area (Å²) in [6.45, 7) is 5.17. The molecular weight excluding hydrogens is 248 g/mol. The number of hydrogen-bond acceptors (Lipinski definition) is 6. The van der Waals surface area contributed by atoms with Crippen LogP contribution in [-0.4, -0.2) is 33.8 Å². The fourth-order valence-corrected chi connectivity index (χ4v) is 2.49. The summed E-state index contributed by atoms with van der Waals surface area (Å²) >= 11 is 2.01. The molecule has 0 bridgehead atoms. The maximum absolute atomic E-state index is 11.5. The van der Waals surface area contributed by atoms with Gasteiger partial charge in [0.2, 0.25) is 0 Å². The Labute approximate surface area is 104 Å². The highest BCUT2D eigenvalue weighted by atomic mass is 32.2. The highest BCUT2D eigenvalue weighted by Crippen LogP contribution is 2.20. The van der Waals surface area contributed by atoms with Gasteiger partial charge in [-0.1, -0.05) is 30.4 Å². The van der Waals surface area contributed by atoms with E-state index in [0.717, 1.165) is 23.5 Å². The van der Waals surface area contributed by atoms with Crippen molar-refractivity contribution in [3.63, 3.8) is 0 Å². The first-order valence-electron chi connectivity index (χ1n) is 5.00. The molecule has 0 aliphatic carbocycles. The Balaban J connectivity index is 4.36. The van der Waals surface area contributed by atoms with E-state index in [1.54, 1.807) is 6.92 Å². The number of rotatable bonds is 6. The summed E-state index contributed by atoms with van der Waals surface area (Å²) in [6.07, 6.45) is 0.0432. The normalized spacial score (nSPS) is 11.9. The third-order valence-corrected chi connectivity index (χ3v) is 3.27. The van der Waals surface area contributed by atoms with Crippen molar-refractivity contribution in [2.24, 2.45) is 0 Å². The molecule has 0 aromatic heterocycles. The van der Waals surface area contributed by atoms with Gasteiger partial charge in [-0.2, -0.15) is 0 Å². The summed E-state index contributed by atoms with van der Waals surface area (Å²) in [7, 11) is 0. The van der Waals surface area contributed by atoms with Crippen molar-refractivity contribution in [2.75, 3.05) is 12.4 Å². The van der Waals surface area contributed by atoms with Crippen LogP contribution in [0.3, 0.4) is 0 Å². The average molecular weight is 264 g/mol. The van der Waals surface area contributed by atoms with Crippen molar-refractivity contribution in [3.05, 3.63) is 0 Å². The first-order chi connectivity index (χ1) is 7.51. The summed E-state index contributed by atoms with van der Waals surface area (Å²) < 4.78 is 4.81. The van der Waals surface area contributed by atoms with Crippen LogP contribution in [0.25, 0.3) is 0 Å². The first kappa shape index (κ1) is 15.5. The number of ether oxygens (including phenoxy) is 1. The Kier molecular flexibility index (Phi) is 8.37. The van der Waals surface area contributed by atoms with Crippen molar-refractivity contribution in [1.82, 2.24) is 0 Å². The molecule has 0 saturated heterocycles. The molecule has 0 N–H and O–H groups in total. The standard InChI is InChI=1S/C10H16O4S2/c1-4-14-10(13)8(16-7(3)11)6-9(12)15-5-2/h8H,4-6H2,1-3H3. The van der Waals surface area contributed by atoms with Gasteiger partial charge in [0.1, 0.15) is 5.25 Å². The molecule has 0 heterocycles. The Hall–Kier alpha value is -0.490. The van der Waals surface area contributed by atoms with Crippen LogP contribution < -0.4 is 0 Å². The predicted molar refractivity (Wildman–Crippen MR) is 66.4 cm³/mol. The smallest absolute Gasteiger partial charge is 0.320 e.